The molecule has 0 radical (unpaired) electrons. The normalized spacial score (nSPS) is 17.5. The molecule has 1 aliphatic heterocycles. The average Bonchev–Trinajstić information content (AvgIpc) is 2.93. The van der Waals surface area contributed by atoms with Crippen LogP contribution in [0.25, 0.3) is 0 Å². The molecule has 1 atom stereocenters. The van der Waals surface area contributed by atoms with Gasteiger partial charge in [0, 0.05) is 21.9 Å². The Morgan fingerprint density at radius 1 is 1.38 bits per heavy atom. The molecule has 3 nitrogen and oxygen atoms in total. The Balaban J connectivity index is 1.92. The number of carboxylic acid groups (broad SMARTS) is 1. The minimum Gasteiger partial charge on any atom is -0.480 e. The lowest BCUT2D eigenvalue weighted by atomic mass is 10.00. The highest BCUT2D eigenvalue weighted by atomic mass is 35.5. The van der Waals surface area contributed by atoms with Crippen molar-refractivity contribution >= 4 is 35.1 Å². The van der Waals surface area contributed by atoms with Crippen LogP contribution >= 0.6 is 22.9 Å². The first-order chi connectivity index (χ1) is 10.1. The van der Waals surface area contributed by atoms with E-state index in [1.54, 1.807) is 29.7 Å². The number of nitrogens with zero attached hydrogens (tertiary/aromatic N) is 1. The molecular formula is C16H15ClNO2S+. The van der Waals surface area contributed by atoms with Crippen LogP contribution in [-0.2, 0) is 17.8 Å². The molecule has 0 fully saturated rings. The van der Waals surface area contributed by atoms with Gasteiger partial charge in [0.15, 0.2) is 18.7 Å². The van der Waals surface area contributed by atoms with Gasteiger partial charge >= 0.3 is 5.97 Å². The summed E-state index contributed by atoms with van der Waals surface area (Å²) in [4.78, 5) is 13.0. The van der Waals surface area contributed by atoms with Gasteiger partial charge in [-0.05, 0) is 23.1 Å². The molecule has 21 heavy (non-hydrogen) atoms. The van der Waals surface area contributed by atoms with E-state index in [0.29, 0.717) is 10.6 Å². The smallest absolute Gasteiger partial charge is 0.321 e. The second-order valence-corrected chi connectivity index (χ2v) is 6.48. The zero-order chi connectivity index (χ0) is 14.8. The van der Waals surface area contributed by atoms with Crippen molar-refractivity contribution in [2.45, 2.75) is 18.9 Å². The standard InChI is InChI=1S/C16H14ClNO2S/c17-14-4-2-1-3-12(14)13(16(19)20)10-18-7-5-15-11(9-18)6-8-21-15/h1-4,6,8,10,13H,5,7,9H2/p+1. The summed E-state index contributed by atoms with van der Waals surface area (Å²) in [5, 5.41) is 12.1. The fraction of sp³-hybridized carbons (Fsp3) is 0.250. The van der Waals surface area contributed by atoms with Crippen molar-refractivity contribution < 1.29 is 14.5 Å². The van der Waals surface area contributed by atoms with Crippen LogP contribution in [-0.4, -0.2) is 28.4 Å². The highest BCUT2D eigenvalue weighted by molar-refractivity contribution is 7.10. The van der Waals surface area contributed by atoms with Crippen LogP contribution in [0.4, 0.5) is 0 Å². The summed E-state index contributed by atoms with van der Waals surface area (Å²) in [6.45, 7) is 1.62. The third-order valence-electron chi connectivity index (χ3n) is 3.70. The van der Waals surface area contributed by atoms with Gasteiger partial charge in [0.2, 0.25) is 0 Å². The Bertz CT molecular complexity index is 708. The number of carboxylic acids is 1. The summed E-state index contributed by atoms with van der Waals surface area (Å²) in [7, 11) is 0. The fourth-order valence-electron chi connectivity index (χ4n) is 2.61. The van der Waals surface area contributed by atoms with Crippen LogP contribution in [0.3, 0.4) is 0 Å². The summed E-state index contributed by atoms with van der Waals surface area (Å²) < 4.78 is 2.08. The number of hydrogen-bond acceptors (Lipinski definition) is 2. The van der Waals surface area contributed by atoms with Crippen molar-refractivity contribution in [3.05, 3.63) is 56.7 Å². The number of thiophene rings is 1. The largest absolute Gasteiger partial charge is 0.480 e. The predicted molar refractivity (Wildman–Crippen MR) is 84.7 cm³/mol. The maximum Gasteiger partial charge on any atom is 0.321 e. The number of halogens is 1. The number of aliphatic carboxylic acids is 1. The molecule has 3 rings (SSSR count). The van der Waals surface area contributed by atoms with E-state index < -0.39 is 11.9 Å². The molecule has 1 aliphatic rings. The zero-order valence-electron chi connectivity index (χ0n) is 11.3. The Labute approximate surface area is 132 Å². The van der Waals surface area contributed by atoms with Gasteiger partial charge in [-0.25, -0.2) is 4.58 Å². The first-order valence-corrected chi connectivity index (χ1v) is 8.02. The zero-order valence-corrected chi connectivity index (χ0v) is 12.9. The fourth-order valence-corrected chi connectivity index (χ4v) is 3.76. The highest BCUT2D eigenvalue weighted by Gasteiger charge is 2.27. The van der Waals surface area contributed by atoms with E-state index in [-0.39, 0.29) is 0 Å². The van der Waals surface area contributed by atoms with Gasteiger partial charge in [-0.1, -0.05) is 29.8 Å². The van der Waals surface area contributed by atoms with Gasteiger partial charge < -0.3 is 5.11 Å². The molecule has 1 aromatic heterocycles. The number of rotatable bonds is 3. The number of benzene rings is 1. The summed E-state index contributed by atoms with van der Waals surface area (Å²) in [5.74, 6) is -1.59. The molecule has 0 bridgehead atoms. The van der Waals surface area contributed by atoms with Crippen LogP contribution in [0.15, 0.2) is 35.7 Å². The lowest BCUT2D eigenvalue weighted by Crippen LogP contribution is -2.26. The van der Waals surface area contributed by atoms with Crippen molar-refractivity contribution in [3.63, 3.8) is 0 Å². The van der Waals surface area contributed by atoms with E-state index in [1.807, 2.05) is 12.1 Å². The Morgan fingerprint density at radius 2 is 2.19 bits per heavy atom. The highest BCUT2D eigenvalue weighted by Crippen LogP contribution is 2.25. The van der Waals surface area contributed by atoms with E-state index in [4.69, 9.17) is 11.6 Å². The summed E-state index contributed by atoms with van der Waals surface area (Å²) >= 11 is 7.92. The molecule has 1 unspecified atom stereocenters. The minimum absolute atomic E-state index is 0.495. The first kappa shape index (κ1) is 14.3. The number of carbonyl (C=O) groups is 1. The molecule has 0 saturated heterocycles. The van der Waals surface area contributed by atoms with Gasteiger partial charge in [-0.2, -0.15) is 0 Å². The minimum atomic E-state index is -0.876. The van der Waals surface area contributed by atoms with Gasteiger partial charge in [0.25, 0.3) is 0 Å². The van der Waals surface area contributed by atoms with Crippen molar-refractivity contribution in [3.8, 4) is 0 Å². The topological polar surface area (TPSA) is 40.3 Å². The maximum absolute atomic E-state index is 11.6. The molecule has 108 valence electrons. The van der Waals surface area contributed by atoms with Crippen LogP contribution in [0, 0.1) is 0 Å². The molecule has 0 aliphatic carbocycles. The van der Waals surface area contributed by atoms with Gasteiger partial charge in [-0.3, -0.25) is 4.79 Å². The summed E-state index contributed by atoms with van der Waals surface area (Å²) in [6.07, 6.45) is 2.77. The van der Waals surface area contributed by atoms with E-state index in [1.165, 1.54) is 10.4 Å². The van der Waals surface area contributed by atoms with Crippen LogP contribution in [0.5, 0.6) is 0 Å². The summed E-state index contributed by atoms with van der Waals surface area (Å²) in [6, 6.07) is 9.25. The molecule has 0 amide bonds. The lowest BCUT2D eigenvalue weighted by Gasteiger charge is -2.14. The predicted octanol–water partition coefficient (Wildman–Crippen LogP) is 3.41. The Kier molecular flexibility index (Phi) is 4.08. The molecule has 0 spiro atoms. The lowest BCUT2D eigenvalue weighted by molar-refractivity contribution is -0.544. The van der Waals surface area contributed by atoms with E-state index >= 15 is 0 Å². The van der Waals surface area contributed by atoms with E-state index in [2.05, 4.69) is 16.0 Å². The first-order valence-electron chi connectivity index (χ1n) is 6.76. The maximum atomic E-state index is 11.6. The SMILES string of the molecule is O=C(O)C(C=[N+]1CCc2sccc2C1)c1ccccc1Cl. The number of fused-ring (bicyclic) bond motifs is 1. The van der Waals surface area contributed by atoms with Crippen molar-refractivity contribution in [1.29, 1.82) is 0 Å². The van der Waals surface area contributed by atoms with Gasteiger partial charge in [-0.15, -0.1) is 11.3 Å². The monoisotopic (exact) mass is 320 g/mol. The number of hydrogen-bond donors (Lipinski definition) is 1. The molecule has 1 aromatic carbocycles. The third kappa shape index (κ3) is 3.01. The van der Waals surface area contributed by atoms with Crippen molar-refractivity contribution in [2.24, 2.45) is 0 Å². The Hall–Kier alpha value is -1.65. The van der Waals surface area contributed by atoms with E-state index in [9.17, 15) is 9.90 Å². The van der Waals surface area contributed by atoms with Gasteiger partial charge in [0.1, 0.15) is 6.54 Å². The molecule has 1 N–H and O–H groups in total. The Morgan fingerprint density at radius 3 is 2.95 bits per heavy atom. The quantitative estimate of drug-likeness (QED) is 0.880. The van der Waals surface area contributed by atoms with E-state index in [0.717, 1.165) is 19.5 Å². The summed E-state index contributed by atoms with van der Waals surface area (Å²) in [5.41, 5.74) is 1.94. The second-order valence-electron chi connectivity index (χ2n) is 5.08. The van der Waals surface area contributed by atoms with Crippen LogP contribution in [0.2, 0.25) is 5.02 Å². The van der Waals surface area contributed by atoms with Crippen molar-refractivity contribution in [1.82, 2.24) is 0 Å². The molecular weight excluding hydrogens is 306 g/mol. The van der Waals surface area contributed by atoms with Crippen LogP contribution in [0.1, 0.15) is 21.9 Å². The molecule has 2 heterocycles. The molecule has 5 heteroatoms. The second kappa shape index (κ2) is 6.00. The van der Waals surface area contributed by atoms with Crippen molar-refractivity contribution in [2.75, 3.05) is 6.54 Å². The average molecular weight is 321 g/mol. The molecule has 0 saturated carbocycles. The van der Waals surface area contributed by atoms with Gasteiger partial charge in [0.05, 0.1) is 0 Å². The third-order valence-corrected chi connectivity index (χ3v) is 5.07. The molecule has 2 aromatic rings. The van der Waals surface area contributed by atoms with Crippen LogP contribution < -0.4 is 0 Å².